The molecule has 1 unspecified atom stereocenters. The van der Waals surface area contributed by atoms with Crippen LogP contribution in [0, 0.1) is 6.92 Å². The topological polar surface area (TPSA) is 63.8 Å². The lowest BCUT2D eigenvalue weighted by Crippen LogP contribution is -2.24. The standard InChI is InChI=1S/C18H20N4O.ClH/c1-12-4-6-14(7-5-12)15-9-16(11-20-10-15)18-21-17(22-23-18)8-13(2)19-3;/h4-7,9-11,13,19H,8H2,1-3H3;1H. The van der Waals surface area contributed by atoms with Crippen molar-refractivity contribution in [3.63, 3.8) is 0 Å². The van der Waals surface area contributed by atoms with Crippen LogP contribution in [0.4, 0.5) is 0 Å². The molecular weight excluding hydrogens is 324 g/mol. The van der Waals surface area contributed by atoms with Crippen LogP contribution in [-0.2, 0) is 6.42 Å². The molecule has 0 saturated carbocycles. The van der Waals surface area contributed by atoms with Gasteiger partial charge in [-0.1, -0.05) is 35.0 Å². The second kappa shape index (κ2) is 8.04. The molecule has 2 heterocycles. The van der Waals surface area contributed by atoms with Gasteiger partial charge in [-0.05, 0) is 32.5 Å². The minimum atomic E-state index is 0. The third kappa shape index (κ3) is 4.19. The van der Waals surface area contributed by atoms with E-state index in [1.165, 1.54) is 5.56 Å². The average Bonchev–Trinajstić information content (AvgIpc) is 3.04. The summed E-state index contributed by atoms with van der Waals surface area (Å²) in [5.74, 6) is 1.20. The van der Waals surface area contributed by atoms with Crippen LogP contribution in [0.5, 0.6) is 0 Å². The van der Waals surface area contributed by atoms with E-state index in [9.17, 15) is 0 Å². The molecule has 0 fully saturated rings. The Balaban J connectivity index is 0.00000208. The predicted molar refractivity (Wildman–Crippen MR) is 97.2 cm³/mol. The number of hydrogen-bond donors (Lipinski definition) is 1. The molecule has 0 aliphatic carbocycles. The van der Waals surface area contributed by atoms with Crippen LogP contribution in [0.1, 0.15) is 18.3 Å². The largest absolute Gasteiger partial charge is 0.334 e. The molecule has 24 heavy (non-hydrogen) atoms. The number of hydrogen-bond acceptors (Lipinski definition) is 5. The number of benzene rings is 1. The SMILES string of the molecule is CNC(C)Cc1noc(-c2cncc(-c3ccc(C)cc3)c2)n1.Cl. The molecule has 1 N–H and O–H groups in total. The van der Waals surface area contributed by atoms with Gasteiger partial charge in [-0.15, -0.1) is 12.4 Å². The zero-order valence-electron chi connectivity index (χ0n) is 14.0. The Morgan fingerprint density at radius 3 is 2.50 bits per heavy atom. The van der Waals surface area contributed by atoms with Gasteiger partial charge >= 0.3 is 0 Å². The van der Waals surface area contributed by atoms with Crippen LogP contribution < -0.4 is 5.32 Å². The summed E-state index contributed by atoms with van der Waals surface area (Å²) in [5.41, 5.74) is 4.22. The van der Waals surface area contributed by atoms with Crippen LogP contribution in [0.3, 0.4) is 0 Å². The van der Waals surface area contributed by atoms with Crippen LogP contribution in [0.2, 0.25) is 0 Å². The first-order valence-electron chi connectivity index (χ1n) is 7.68. The summed E-state index contributed by atoms with van der Waals surface area (Å²) in [4.78, 5) is 8.77. The fraction of sp³-hybridized carbons (Fsp3) is 0.278. The second-order valence-corrected chi connectivity index (χ2v) is 5.74. The van der Waals surface area contributed by atoms with Crippen LogP contribution in [0.15, 0.2) is 47.2 Å². The zero-order valence-corrected chi connectivity index (χ0v) is 14.8. The maximum absolute atomic E-state index is 5.38. The summed E-state index contributed by atoms with van der Waals surface area (Å²) in [7, 11) is 1.92. The van der Waals surface area contributed by atoms with E-state index >= 15 is 0 Å². The molecule has 0 aliphatic heterocycles. The van der Waals surface area contributed by atoms with Crippen LogP contribution in [0.25, 0.3) is 22.6 Å². The van der Waals surface area contributed by atoms with Gasteiger partial charge in [-0.2, -0.15) is 4.98 Å². The molecule has 0 radical (unpaired) electrons. The van der Waals surface area contributed by atoms with Gasteiger partial charge in [0.25, 0.3) is 5.89 Å². The van der Waals surface area contributed by atoms with Crippen LogP contribution >= 0.6 is 12.4 Å². The first-order valence-corrected chi connectivity index (χ1v) is 7.68. The molecule has 3 aromatic rings. The number of nitrogens with one attached hydrogen (secondary N) is 1. The minimum Gasteiger partial charge on any atom is -0.334 e. The molecule has 126 valence electrons. The summed E-state index contributed by atoms with van der Waals surface area (Å²) < 4.78 is 5.38. The number of aryl methyl sites for hydroxylation is 1. The number of rotatable bonds is 5. The maximum Gasteiger partial charge on any atom is 0.259 e. The van der Waals surface area contributed by atoms with Gasteiger partial charge in [0.15, 0.2) is 5.82 Å². The highest BCUT2D eigenvalue weighted by Crippen LogP contribution is 2.24. The highest BCUT2D eigenvalue weighted by molar-refractivity contribution is 5.85. The van der Waals surface area contributed by atoms with E-state index in [-0.39, 0.29) is 12.4 Å². The quantitative estimate of drug-likeness (QED) is 0.765. The van der Waals surface area contributed by atoms with Crippen molar-refractivity contribution in [2.45, 2.75) is 26.3 Å². The van der Waals surface area contributed by atoms with E-state index in [4.69, 9.17) is 4.52 Å². The van der Waals surface area contributed by atoms with E-state index in [1.807, 2.05) is 19.3 Å². The van der Waals surface area contributed by atoms with Crippen molar-refractivity contribution in [1.82, 2.24) is 20.4 Å². The summed E-state index contributed by atoms with van der Waals surface area (Å²) in [6.07, 6.45) is 4.32. The lowest BCUT2D eigenvalue weighted by molar-refractivity contribution is 0.418. The highest BCUT2D eigenvalue weighted by Gasteiger charge is 2.12. The van der Waals surface area contributed by atoms with Gasteiger partial charge in [0.1, 0.15) is 0 Å². The van der Waals surface area contributed by atoms with E-state index in [2.05, 4.69) is 58.6 Å². The first-order chi connectivity index (χ1) is 11.2. The summed E-state index contributed by atoms with van der Waals surface area (Å²) in [6, 6.07) is 10.7. The predicted octanol–water partition coefficient (Wildman–Crippen LogP) is 3.68. The summed E-state index contributed by atoms with van der Waals surface area (Å²) >= 11 is 0. The number of nitrogens with zero attached hydrogens (tertiary/aromatic N) is 3. The second-order valence-electron chi connectivity index (χ2n) is 5.74. The number of likely N-dealkylation sites (N-methyl/N-ethyl adjacent to an activating group) is 1. The van der Waals surface area contributed by atoms with Gasteiger partial charge in [0, 0.05) is 30.4 Å². The zero-order chi connectivity index (χ0) is 16.2. The smallest absolute Gasteiger partial charge is 0.259 e. The minimum absolute atomic E-state index is 0. The van der Waals surface area contributed by atoms with Crippen molar-refractivity contribution in [2.75, 3.05) is 7.05 Å². The van der Waals surface area contributed by atoms with Gasteiger partial charge in [0.2, 0.25) is 0 Å². The van der Waals surface area contributed by atoms with E-state index in [0.29, 0.717) is 17.8 Å². The van der Waals surface area contributed by atoms with Gasteiger partial charge in [0.05, 0.1) is 5.56 Å². The number of halogens is 1. The monoisotopic (exact) mass is 344 g/mol. The Morgan fingerprint density at radius 2 is 1.79 bits per heavy atom. The van der Waals surface area contributed by atoms with Crippen molar-refractivity contribution < 1.29 is 4.52 Å². The highest BCUT2D eigenvalue weighted by atomic mass is 35.5. The van der Waals surface area contributed by atoms with Crippen molar-refractivity contribution in [2.24, 2.45) is 0 Å². The third-order valence-electron chi connectivity index (χ3n) is 3.82. The molecule has 5 nitrogen and oxygen atoms in total. The lowest BCUT2D eigenvalue weighted by Gasteiger charge is -2.04. The number of aromatic nitrogens is 3. The Kier molecular flexibility index (Phi) is 6.06. The molecule has 0 aliphatic rings. The normalized spacial score (nSPS) is 11.8. The van der Waals surface area contributed by atoms with Crippen LogP contribution in [-0.4, -0.2) is 28.2 Å². The molecule has 0 spiro atoms. The Bertz CT molecular complexity index is 786. The van der Waals surface area contributed by atoms with E-state index in [1.54, 1.807) is 6.20 Å². The van der Waals surface area contributed by atoms with Crippen molar-refractivity contribution in [3.05, 3.63) is 54.1 Å². The fourth-order valence-corrected chi connectivity index (χ4v) is 2.29. The maximum atomic E-state index is 5.38. The Labute approximate surface area is 147 Å². The van der Waals surface area contributed by atoms with Gasteiger partial charge in [-0.25, -0.2) is 0 Å². The molecule has 0 bridgehead atoms. The van der Waals surface area contributed by atoms with Crippen molar-refractivity contribution in [3.8, 4) is 22.6 Å². The Morgan fingerprint density at radius 1 is 1.08 bits per heavy atom. The third-order valence-corrected chi connectivity index (χ3v) is 3.82. The van der Waals surface area contributed by atoms with Gasteiger partial charge in [-0.3, -0.25) is 4.98 Å². The molecule has 6 heteroatoms. The van der Waals surface area contributed by atoms with Crippen molar-refractivity contribution in [1.29, 1.82) is 0 Å². The molecule has 2 aromatic heterocycles. The average molecular weight is 345 g/mol. The lowest BCUT2D eigenvalue weighted by atomic mass is 10.0. The van der Waals surface area contributed by atoms with Gasteiger partial charge < -0.3 is 9.84 Å². The molecular formula is C18H21ClN4O. The van der Waals surface area contributed by atoms with E-state index in [0.717, 1.165) is 23.1 Å². The van der Waals surface area contributed by atoms with E-state index < -0.39 is 0 Å². The van der Waals surface area contributed by atoms with Crippen molar-refractivity contribution >= 4 is 12.4 Å². The Hall–Kier alpha value is -2.24. The molecule has 0 amide bonds. The molecule has 0 saturated heterocycles. The first kappa shape index (κ1) is 18.1. The molecule has 1 aromatic carbocycles. The number of pyridine rings is 1. The fourth-order valence-electron chi connectivity index (χ4n) is 2.29. The summed E-state index contributed by atoms with van der Waals surface area (Å²) in [6.45, 7) is 4.15. The molecule has 1 atom stereocenters. The molecule has 3 rings (SSSR count). The summed E-state index contributed by atoms with van der Waals surface area (Å²) in [5, 5.41) is 7.20.